The summed E-state index contributed by atoms with van der Waals surface area (Å²) in [6.45, 7) is 0.0964. The number of nitrogens with one attached hydrogen (secondary N) is 2. The van der Waals surface area contributed by atoms with E-state index in [0.717, 1.165) is 4.90 Å². The molecule has 2 aromatic carbocycles. The average molecular weight is 417 g/mol. The van der Waals surface area contributed by atoms with E-state index in [-0.39, 0.29) is 12.4 Å². The summed E-state index contributed by atoms with van der Waals surface area (Å²) in [5.74, 6) is -0.906. The van der Waals surface area contributed by atoms with Crippen LogP contribution in [0.5, 0.6) is 0 Å². The molecule has 0 bridgehead atoms. The Morgan fingerprint density at radius 3 is 2.96 bits per heavy atom. The summed E-state index contributed by atoms with van der Waals surface area (Å²) in [5.41, 5.74) is 1.04. The van der Waals surface area contributed by atoms with E-state index in [1.54, 1.807) is 36.4 Å². The van der Waals surface area contributed by atoms with Crippen LogP contribution in [0.4, 0.5) is 10.1 Å². The van der Waals surface area contributed by atoms with Crippen molar-refractivity contribution in [2.24, 2.45) is 4.99 Å². The molecule has 1 atom stereocenters. The summed E-state index contributed by atoms with van der Waals surface area (Å²) >= 11 is 7.22. The van der Waals surface area contributed by atoms with Crippen LogP contribution < -0.4 is 10.0 Å². The van der Waals surface area contributed by atoms with E-state index in [4.69, 9.17) is 16.0 Å². The molecule has 0 fully saturated rings. The van der Waals surface area contributed by atoms with E-state index in [1.165, 1.54) is 30.5 Å². The van der Waals surface area contributed by atoms with Crippen LogP contribution >= 0.6 is 23.5 Å². The number of hydrogen-bond donors (Lipinski definition) is 2. The molecular weight excluding hydrogens is 403 g/mol. The van der Waals surface area contributed by atoms with Crippen molar-refractivity contribution in [3.63, 3.8) is 0 Å². The maximum atomic E-state index is 14.3. The maximum absolute atomic E-state index is 14.3. The second-order valence-electron chi connectivity index (χ2n) is 5.93. The van der Waals surface area contributed by atoms with Crippen LogP contribution in [-0.4, -0.2) is 23.3 Å². The third-order valence-electron chi connectivity index (χ3n) is 4.12. The monoisotopic (exact) mass is 416 g/mol. The van der Waals surface area contributed by atoms with Gasteiger partial charge in [0.15, 0.2) is 0 Å². The van der Waals surface area contributed by atoms with Crippen LogP contribution in [0, 0.1) is 5.82 Å². The van der Waals surface area contributed by atoms with E-state index >= 15 is 0 Å². The van der Waals surface area contributed by atoms with Crippen molar-refractivity contribution < 1.29 is 13.6 Å². The first kappa shape index (κ1) is 18.5. The minimum atomic E-state index is -0.567. The van der Waals surface area contributed by atoms with Crippen molar-refractivity contribution in [2.75, 3.05) is 6.54 Å². The van der Waals surface area contributed by atoms with E-state index in [2.05, 4.69) is 20.0 Å². The van der Waals surface area contributed by atoms with Gasteiger partial charge in [0.1, 0.15) is 12.1 Å². The number of rotatable bonds is 5. The van der Waals surface area contributed by atoms with Crippen molar-refractivity contribution >= 4 is 41.0 Å². The third-order valence-corrected chi connectivity index (χ3v) is 5.20. The van der Waals surface area contributed by atoms with Gasteiger partial charge in [-0.1, -0.05) is 29.8 Å². The molecule has 142 valence electrons. The molecule has 1 aliphatic heterocycles. The highest BCUT2D eigenvalue weighted by Gasteiger charge is 2.25. The van der Waals surface area contributed by atoms with Gasteiger partial charge in [-0.15, -0.1) is 0 Å². The highest BCUT2D eigenvalue weighted by molar-refractivity contribution is 7.98. The Bertz CT molecular complexity index is 1040. The molecular formula is C19H14ClFN4O2S. The molecule has 28 heavy (non-hydrogen) atoms. The zero-order valence-corrected chi connectivity index (χ0v) is 15.9. The average Bonchev–Trinajstić information content (AvgIpc) is 3.23. The fourth-order valence-electron chi connectivity index (χ4n) is 2.78. The van der Waals surface area contributed by atoms with Crippen molar-refractivity contribution in [3.8, 4) is 0 Å². The minimum absolute atomic E-state index is 0.0964. The number of carbonyl (C=O) groups excluding carboxylic acids is 1. The molecule has 1 aromatic heterocycles. The zero-order chi connectivity index (χ0) is 19.5. The molecule has 1 amide bonds. The molecule has 1 aliphatic rings. The fraction of sp³-hybridized carbons (Fsp3) is 0.105. The van der Waals surface area contributed by atoms with Crippen LogP contribution in [0.2, 0.25) is 5.02 Å². The number of carbonyl (C=O) groups is 1. The van der Waals surface area contributed by atoms with Gasteiger partial charge in [0.25, 0.3) is 5.91 Å². The Morgan fingerprint density at radius 2 is 2.18 bits per heavy atom. The van der Waals surface area contributed by atoms with E-state index in [0.29, 0.717) is 22.2 Å². The Morgan fingerprint density at radius 1 is 1.32 bits per heavy atom. The van der Waals surface area contributed by atoms with Crippen molar-refractivity contribution in [1.29, 1.82) is 0 Å². The number of aliphatic imine (C=N–C) groups is 1. The molecule has 4 rings (SSSR count). The lowest BCUT2D eigenvalue weighted by atomic mass is 9.98. The minimum Gasteiger partial charge on any atom is -0.448 e. The molecule has 1 unspecified atom stereocenters. The Kier molecular flexibility index (Phi) is 5.31. The largest absolute Gasteiger partial charge is 0.448 e. The number of hydrogen-bond acceptors (Lipinski definition) is 6. The van der Waals surface area contributed by atoms with Gasteiger partial charge in [0.2, 0.25) is 11.7 Å². The predicted molar refractivity (Wildman–Crippen MR) is 105 cm³/mol. The molecule has 2 N–H and O–H groups in total. The molecule has 0 radical (unpaired) electrons. The van der Waals surface area contributed by atoms with Crippen LogP contribution in [0.1, 0.15) is 17.4 Å². The Hall–Kier alpha value is -2.84. The molecule has 2 heterocycles. The molecule has 6 nitrogen and oxygen atoms in total. The summed E-state index contributed by atoms with van der Waals surface area (Å²) in [7, 11) is 0. The first-order valence-corrected chi connectivity index (χ1v) is 9.54. The van der Waals surface area contributed by atoms with Gasteiger partial charge >= 0.3 is 0 Å². The fourth-order valence-corrected chi connectivity index (χ4v) is 3.76. The third kappa shape index (κ3) is 3.88. The van der Waals surface area contributed by atoms with Gasteiger partial charge in [-0.3, -0.25) is 4.79 Å². The van der Waals surface area contributed by atoms with Gasteiger partial charge in [-0.05, 0) is 36.2 Å². The lowest BCUT2D eigenvalue weighted by molar-refractivity contribution is -0.115. The van der Waals surface area contributed by atoms with Gasteiger partial charge in [0.05, 0.1) is 22.7 Å². The number of amides is 1. The number of oxazole rings is 1. The lowest BCUT2D eigenvalue weighted by Crippen LogP contribution is -2.40. The summed E-state index contributed by atoms with van der Waals surface area (Å²) < 4.78 is 22.5. The van der Waals surface area contributed by atoms with Crippen molar-refractivity contribution in [3.05, 3.63) is 77.2 Å². The lowest BCUT2D eigenvalue weighted by Gasteiger charge is -2.18. The first-order valence-electron chi connectivity index (χ1n) is 8.35. The van der Waals surface area contributed by atoms with Gasteiger partial charge in [-0.25, -0.2) is 14.4 Å². The van der Waals surface area contributed by atoms with Gasteiger partial charge in [0, 0.05) is 17.1 Å². The second kappa shape index (κ2) is 8.04. The quantitative estimate of drug-likeness (QED) is 0.613. The number of benzene rings is 2. The molecule has 0 aliphatic carbocycles. The number of aromatic nitrogens is 1. The van der Waals surface area contributed by atoms with Crippen molar-refractivity contribution in [1.82, 2.24) is 15.0 Å². The van der Waals surface area contributed by atoms with E-state index in [1.807, 2.05) is 0 Å². The van der Waals surface area contributed by atoms with E-state index in [9.17, 15) is 9.18 Å². The second-order valence-corrected chi connectivity index (χ2v) is 7.22. The Balaban J connectivity index is 1.52. The molecule has 0 saturated heterocycles. The number of halogens is 2. The van der Waals surface area contributed by atoms with Crippen LogP contribution in [0.25, 0.3) is 0 Å². The summed E-state index contributed by atoms with van der Waals surface area (Å²) in [6, 6.07) is 11.5. The smallest absolute Gasteiger partial charge is 0.287 e. The molecule has 0 spiro atoms. The molecule has 3 aromatic rings. The topological polar surface area (TPSA) is 79.5 Å². The normalized spacial score (nSPS) is 13.9. The number of nitrogens with zero attached hydrogens (tertiary/aromatic N) is 2. The van der Waals surface area contributed by atoms with Crippen LogP contribution in [0.15, 0.2) is 69.2 Å². The van der Waals surface area contributed by atoms with Gasteiger partial charge in [-0.2, -0.15) is 0 Å². The Labute approximate surface area is 169 Å². The SMILES string of the molecule is O=C(NCC(c1ncco1)c1ccccc1F)C1=Nc2ccc(Cl)cc2SN1. The molecule has 0 saturated carbocycles. The summed E-state index contributed by atoms with van der Waals surface area (Å²) in [5, 5.41) is 3.36. The van der Waals surface area contributed by atoms with E-state index < -0.39 is 17.6 Å². The number of fused-ring (bicyclic) bond motifs is 1. The van der Waals surface area contributed by atoms with Gasteiger partial charge < -0.3 is 14.5 Å². The highest BCUT2D eigenvalue weighted by atomic mass is 35.5. The number of amidine groups is 1. The standard InChI is InChI=1S/C19H14ClFN4O2S/c20-11-5-6-15-16(9-11)28-25-17(24-15)18(26)23-10-13(19-22-7-8-27-19)12-3-1-2-4-14(12)21/h1-9,13H,10H2,(H,23,26)(H,24,25). The zero-order valence-electron chi connectivity index (χ0n) is 14.4. The molecule has 9 heteroatoms. The summed E-state index contributed by atoms with van der Waals surface area (Å²) in [6.07, 6.45) is 2.90. The van der Waals surface area contributed by atoms with Crippen LogP contribution in [0.3, 0.4) is 0 Å². The highest BCUT2D eigenvalue weighted by Crippen LogP contribution is 2.33. The predicted octanol–water partition coefficient (Wildman–Crippen LogP) is 4.06. The summed E-state index contributed by atoms with van der Waals surface area (Å²) in [4.78, 5) is 21.8. The van der Waals surface area contributed by atoms with Crippen LogP contribution in [-0.2, 0) is 4.79 Å². The maximum Gasteiger partial charge on any atom is 0.287 e. The van der Waals surface area contributed by atoms with Crippen molar-refractivity contribution in [2.45, 2.75) is 10.8 Å². The first-order chi connectivity index (χ1) is 13.6.